The van der Waals surface area contributed by atoms with Crippen LogP contribution < -0.4 is 18.9 Å². The van der Waals surface area contributed by atoms with Crippen LogP contribution in [0.2, 0.25) is 0 Å². The van der Waals surface area contributed by atoms with E-state index < -0.39 is 15.1 Å². The summed E-state index contributed by atoms with van der Waals surface area (Å²) in [5, 5.41) is 0. The predicted octanol–water partition coefficient (Wildman–Crippen LogP) is 4.91. The van der Waals surface area contributed by atoms with E-state index in [9.17, 15) is 0 Å². The molecule has 3 rings (SSSR count). The Morgan fingerprint density at radius 2 is 1.00 bits per heavy atom. The number of hydrogen-bond acceptors (Lipinski definition) is 5. The Morgan fingerprint density at radius 3 is 1.44 bits per heavy atom. The first-order valence-corrected chi connectivity index (χ1v) is 16.4. The van der Waals surface area contributed by atoms with Crippen LogP contribution >= 0.6 is 0 Å². The molecule has 0 aliphatic carbocycles. The van der Waals surface area contributed by atoms with Crippen LogP contribution in [-0.2, 0) is 34.1 Å². The summed E-state index contributed by atoms with van der Waals surface area (Å²) in [5.41, 5.74) is 2.50. The fourth-order valence-corrected chi connectivity index (χ4v) is 6.59. The molecule has 0 bridgehead atoms. The molecule has 5 nitrogen and oxygen atoms in total. The zero-order chi connectivity index (χ0) is 26.5. The summed E-state index contributed by atoms with van der Waals surface area (Å²) < 4.78 is 29.8. The Balaban J connectivity index is 0.00000533. The average molecular weight is 548 g/mol. The van der Waals surface area contributed by atoms with Crippen molar-refractivity contribution in [1.82, 2.24) is 0 Å². The van der Waals surface area contributed by atoms with E-state index in [2.05, 4.69) is 48.5 Å². The second-order valence-corrected chi connectivity index (χ2v) is 11.7. The molecule has 1 fully saturated rings. The number of benzene rings is 2. The van der Waals surface area contributed by atoms with E-state index in [1.807, 2.05) is 19.1 Å². The van der Waals surface area contributed by atoms with Gasteiger partial charge in [-0.05, 0) is 50.3 Å². The van der Waals surface area contributed by atoms with Crippen LogP contribution in [0.1, 0.15) is 95.1 Å². The van der Waals surface area contributed by atoms with Gasteiger partial charge in [-0.2, -0.15) is 0 Å². The van der Waals surface area contributed by atoms with E-state index in [-0.39, 0.29) is 31.1 Å². The van der Waals surface area contributed by atoms with Gasteiger partial charge in [-0.1, -0.05) is 112 Å². The summed E-state index contributed by atoms with van der Waals surface area (Å²) in [6.45, 7) is 5.82. The summed E-state index contributed by atoms with van der Waals surface area (Å²) in [4.78, 5) is 0. The van der Waals surface area contributed by atoms with Gasteiger partial charge in [-0.15, -0.1) is 0 Å². The topological polar surface area (TPSA) is 46.2 Å². The molecule has 0 N–H and O–H groups in total. The van der Waals surface area contributed by atoms with Crippen molar-refractivity contribution >= 4 is 15.1 Å². The normalized spacial score (nSPS) is 17.4. The Bertz CT molecular complexity index is 813. The van der Waals surface area contributed by atoms with Gasteiger partial charge in [-0.25, -0.2) is 0 Å². The average Bonchev–Trinajstić information content (AvgIpc) is 3.33. The van der Waals surface area contributed by atoms with Crippen LogP contribution in [0.4, 0.5) is 0 Å². The first kappa shape index (κ1) is 34.6. The molecular formula is C32H49AlLiO5. The quantitative estimate of drug-likeness (QED) is 0.155. The molecule has 1 aliphatic heterocycles. The molecule has 2 aromatic rings. The van der Waals surface area contributed by atoms with Gasteiger partial charge in [0.05, 0.1) is 13.2 Å². The maximum atomic E-state index is 6.23. The van der Waals surface area contributed by atoms with Crippen LogP contribution in [0.5, 0.6) is 0 Å². The van der Waals surface area contributed by atoms with E-state index in [0.717, 1.165) is 45.5 Å². The Labute approximate surface area is 254 Å². The molecule has 2 atom stereocenters. The predicted molar refractivity (Wildman–Crippen MR) is 155 cm³/mol. The summed E-state index contributed by atoms with van der Waals surface area (Å²) >= 11 is -1.94. The van der Waals surface area contributed by atoms with Gasteiger partial charge in [0.25, 0.3) is 0 Å². The fourth-order valence-electron chi connectivity index (χ4n) is 4.90. The third-order valence-electron chi connectivity index (χ3n) is 7.07. The zero-order valence-corrected chi connectivity index (χ0v) is 25.7. The molecule has 1 aliphatic rings. The van der Waals surface area contributed by atoms with Crippen LogP contribution in [0.3, 0.4) is 0 Å². The second-order valence-electron chi connectivity index (χ2n) is 10.3. The van der Waals surface area contributed by atoms with Crippen LogP contribution in [0.15, 0.2) is 60.7 Å². The molecule has 0 spiro atoms. The molecule has 1 radical (unpaired) electrons. The molecule has 211 valence electrons. The summed E-state index contributed by atoms with van der Waals surface area (Å²) in [6, 6.07) is 20.8. The summed E-state index contributed by atoms with van der Waals surface area (Å²) in [6.07, 6.45) is 14.8. The Hall–Kier alpha value is -0.630. The third kappa shape index (κ3) is 15.8. The monoisotopic (exact) mass is 547 g/mol. The van der Waals surface area contributed by atoms with Gasteiger partial charge in [0.15, 0.2) is 0 Å². The van der Waals surface area contributed by atoms with E-state index in [0.29, 0.717) is 13.2 Å². The van der Waals surface area contributed by atoms with Crippen molar-refractivity contribution in [1.29, 1.82) is 0 Å². The molecule has 2 aromatic carbocycles. The van der Waals surface area contributed by atoms with Crippen molar-refractivity contribution in [3.05, 3.63) is 71.8 Å². The molecule has 39 heavy (non-hydrogen) atoms. The maximum absolute atomic E-state index is 6.23. The van der Waals surface area contributed by atoms with Crippen LogP contribution in [0, 0.1) is 0 Å². The number of rotatable bonds is 22. The Kier molecular flexibility index (Phi) is 20.4. The fraction of sp³-hybridized carbons (Fsp3) is 0.625. The molecule has 0 amide bonds. The van der Waals surface area contributed by atoms with Gasteiger partial charge >= 0.3 is 34.0 Å². The van der Waals surface area contributed by atoms with E-state index in [1.54, 1.807) is 0 Å². The maximum Gasteiger partial charge on any atom is 1.00 e. The zero-order valence-electron chi connectivity index (χ0n) is 24.6. The minimum atomic E-state index is -1.94. The number of hydrogen-bond donors (Lipinski definition) is 0. The molecule has 0 aromatic heterocycles. The largest absolute Gasteiger partial charge is 1.00 e. The van der Waals surface area contributed by atoms with Crippen LogP contribution in [-0.4, -0.2) is 47.2 Å². The van der Waals surface area contributed by atoms with E-state index in [1.165, 1.54) is 62.5 Å². The van der Waals surface area contributed by atoms with Crippen molar-refractivity contribution < 1.29 is 39.7 Å². The third-order valence-corrected chi connectivity index (χ3v) is 8.82. The molecular weight excluding hydrogens is 498 g/mol. The Morgan fingerprint density at radius 1 is 0.590 bits per heavy atom. The van der Waals surface area contributed by atoms with Crippen molar-refractivity contribution in [3.8, 4) is 0 Å². The summed E-state index contributed by atoms with van der Waals surface area (Å²) in [5.74, 6) is 0. The molecule has 1 heterocycles. The SMILES string of the molecule is CC[O][Al-]1[O][C@@H](CCCCCCCCOCc2ccccc2)[C@@H](CCCCCCOCc2ccccc2)[O]1.[Li+]. The van der Waals surface area contributed by atoms with Crippen molar-refractivity contribution in [2.24, 2.45) is 0 Å². The molecule has 0 unspecified atom stereocenters. The molecule has 1 saturated heterocycles. The molecule has 0 saturated carbocycles. The number of ether oxygens (including phenoxy) is 2. The minimum Gasteiger partial charge on any atom is -0.634 e. The molecule has 7 heteroatoms. The van der Waals surface area contributed by atoms with Gasteiger partial charge in [0.1, 0.15) is 0 Å². The van der Waals surface area contributed by atoms with Crippen molar-refractivity contribution in [3.63, 3.8) is 0 Å². The van der Waals surface area contributed by atoms with Gasteiger partial charge in [0, 0.05) is 25.4 Å². The second kappa shape index (κ2) is 23.0. The van der Waals surface area contributed by atoms with Gasteiger partial charge in [-0.3, -0.25) is 0 Å². The van der Waals surface area contributed by atoms with Gasteiger partial charge < -0.3 is 20.8 Å². The van der Waals surface area contributed by atoms with E-state index >= 15 is 0 Å². The van der Waals surface area contributed by atoms with E-state index in [4.69, 9.17) is 20.8 Å². The van der Waals surface area contributed by atoms with Crippen LogP contribution in [0.25, 0.3) is 0 Å². The smallest absolute Gasteiger partial charge is 0.634 e. The minimum absolute atomic E-state index is 0. The first-order valence-electron chi connectivity index (χ1n) is 15.0. The number of unbranched alkanes of at least 4 members (excludes halogenated alkanes) is 8. The van der Waals surface area contributed by atoms with Crippen molar-refractivity contribution in [2.45, 2.75) is 109 Å². The van der Waals surface area contributed by atoms with Gasteiger partial charge in [0.2, 0.25) is 0 Å². The van der Waals surface area contributed by atoms with Crippen molar-refractivity contribution in [2.75, 3.05) is 19.8 Å². The summed E-state index contributed by atoms with van der Waals surface area (Å²) in [7, 11) is 0. The first-order chi connectivity index (χ1) is 18.8. The standard InChI is InChI=1S/C30H44O4.C2H5O.Al.Li/c31-29(21-13-3-1-2-5-15-23-33-25-27-17-9-7-10-18-27)30(32)22-14-4-6-16-24-34-26-28-19-11-8-12-20-28;1-2-3;;/h7-12,17-20,29-30H,1-6,13-16,21-26H2;2H2,1H3;;/q-2;-1;+2;+1/t29-,30+;;;/m0.../s1.